The Morgan fingerprint density at radius 1 is 1.15 bits per heavy atom. The first kappa shape index (κ1) is 26.1. The van der Waals surface area contributed by atoms with E-state index in [0.717, 1.165) is 60.9 Å². The van der Waals surface area contributed by atoms with E-state index in [9.17, 15) is 23.2 Å². The number of hydrogen-bond acceptors (Lipinski definition) is 4. The van der Waals surface area contributed by atoms with Crippen molar-refractivity contribution in [3.63, 3.8) is 0 Å². The Kier molecular flexibility index (Phi) is 5.92. The zero-order valence-electron chi connectivity index (χ0n) is 23.1. The van der Waals surface area contributed by atoms with Gasteiger partial charge in [0.1, 0.15) is 5.82 Å². The van der Waals surface area contributed by atoms with Crippen LogP contribution in [-0.2, 0) is 19.8 Å². The molecular weight excluding hydrogens is 514 g/mol. The van der Waals surface area contributed by atoms with Gasteiger partial charge in [-0.05, 0) is 81.3 Å². The molecular formula is C31H38F2N4O3. The number of carbonyl (C=O) groups is 3. The number of halogens is 2. The van der Waals surface area contributed by atoms with Gasteiger partial charge in [-0.25, -0.2) is 13.8 Å². The second kappa shape index (κ2) is 9.08. The van der Waals surface area contributed by atoms with Gasteiger partial charge in [0.2, 0.25) is 17.7 Å². The Bertz CT molecular complexity index is 1360. The van der Waals surface area contributed by atoms with Crippen LogP contribution >= 0.6 is 0 Å². The molecule has 0 radical (unpaired) electrons. The topological polar surface area (TPSA) is 95.2 Å². The highest BCUT2D eigenvalue weighted by Crippen LogP contribution is 2.64. The zero-order chi connectivity index (χ0) is 27.9. The van der Waals surface area contributed by atoms with Gasteiger partial charge in [-0.2, -0.15) is 0 Å². The number of benzene rings is 1. The van der Waals surface area contributed by atoms with E-state index >= 15 is 0 Å². The molecule has 5 fully saturated rings. The Morgan fingerprint density at radius 3 is 2.55 bits per heavy atom. The fourth-order valence-electron chi connectivity index (χ4n) is 7.94. The number of aryl methyl sites for hydroxylation is 1. The third kappa shape index (κ3) is 4.63. The van der Waals surface area contributed by atoms with Crippen molar-refractivity contribution < 1.29 is 23.2 Å². The first-order chi connectivity index (χ1) is 19.1. The van der Waals surface area contributed by atoms with Gasteiger partial charge in [-0.3, -0.25) is 14.4 Å². The lowest BCUT2D eigenvalue weighted by Gasteiger charge is -2.56. The molecule has 1 aromatic carbocycles. The SMILES string of the molecule is Cc1cccc2[nH]c(C3(CC(=O)[C@H](CC(=O)N4CCCC4C4CC4)NC(=O)C4CC5(C4)CC(F)(F)C5)CC3)nc12. The lowest BCUT2D eigenvalue weighted by Crippen LogP contribution is -2.58. The van der Waals surface area contributed by atoms with Crippen molar-refractivity contribution in [3.8, 4) is 0 Å². The minimum absolute atomic E-state index is 0.0426. The van der Waals surface area contributed by atoms with Crippen LogP contribution in [-0.4, -0.2) is 57.0 Å². The summed E-state index contributed by atoms with van der Waals surface area (Å²) in [6.07, 6.45) is 6.64. The number of amides is 2. The van der Waals surface area contributed by atoms with Gasteiger partial charge < -0.3 is 15.2 Å². The van der Waals surface area contributed by atoms with Gasteiger partial charge in [0.05, 0.1) is 23.5 Å². The summed E-state index contributed by atoms with van der Waals surface area (Å²) < 4.78 is 27.0. The Hall–Kier alpha value is -2.84. The normalized spacial score (nSPS) is 26.8. The summed E-state index contributed by atoms with van der Waals surface area (Å²) in [6, 6.07) is 5.30. The number of carbonyl (C=O) groups excluding carboxylic acids is 3. The van der Waals surface area contributed by atoms with Crippen molar-refractivity contribution in [2.75, 3.05) is 6.54 Å². The van der Waals surface area contributed by atoms with Crippen LogP contribution in [0.1, 0.15) is 88.4 Å². The molecule has 5 aliphatic rings. The maximum atomic E-state index is 13.9. The highest BCUT2D eigenvalue weighted by atomic mass is 19.3. The lowest BCUT2D eigenvalue weighted by molar-refractivity contribution is -0.207. The van der Waals surface area contributed by atoms with Crippen molar-refractivity contribution in [1.82, 2.24) is 20.2 Å². The van der Waals surface area contributed by atoms with Crippen LogP contribution in [0.2, 0.25) is 0 Å². The third-order valence-corrected chi connectivity index (χ3v) is 10.4. The Morgan fingerprint density at radius 2 is 1.90 bits per heavy atom. The molecule has 4 aliphatic carbocycles. The number of H-pyrrole nitrogens is 1. The number of para-hydroxylation sites is 1. The van der Waals surface area contributed by atoms with E-state index < -0.39 is 22.8 Å². The number of nitrogens with one attached hydrogen (secondary N) is 2. The van der Waals surface area contributed by atoms with E-state index in [0.29, 0.717) is 25.3 Å². The van der Waals surface area contributed by atoms with E-state index in [1.807, 2.05) is 30.0 Å². The minimum Gasteiger partial charge on any atom is -0.346 e. The van der Waals surface area contributed by atoms with E-state index in [2.05, 4.69) is 10.3 Å². The number of fused-ring (bicyclic) bond motifs is 1. The van der Waals surface area contributed by atoms with Crippen molar-refractivity contribution in [2.24, 2.45) is 17.3 Å². The molecule has 2 heterocycles. The molecule has 7 rings (SSSR count). The summed E-state index contributed by atoms with van der Waals surface area (Å²) in [5.41, 5.74) is 2.07. The number of aromatic nitrogens is 2. The first-order valence-electron chi connectivity index (χ1n) is 15.0. The highest BCUT2D eigenvalue weighted by molar-refractivity contribution is 5.95. The molecule has 1 spiro atoms. The molecule has 2 aromatic rings. The standard InChI is InChI=1S/C31H38F2N4O3/c1-18-4-2-5-21-26(18)36-28(35-21)30(9-10-30)15-24(38)22(12-25(39)37-11-3-6-23(37)19-7-8-19)34-27(40)20-13-29(14-20)16-31(32,33)17-29/h2,4-5,19-20,22-23H,3,6-17H2,1H3,(H,34,40)(H,35,36)/t22-,23?/m0/s1. The number of hydrogen-bond donors (Lipinski definition) is 2. The molecule has 1 aromatic heterocycles. The number of ketones is 1. The number of nitrogens with zero attached hydrogens (tertiary/aromatic N) is 2. The zero-order valence-corrected chi connectivity index (χ0v) is 23.1. The van der Waals surface area contributed by atoms with Crippen LogP contribution in [0.5, 0.6) is 0 Å². The molecule has 9 heteroatoms. The molecule has 1 aliphatic heterocycles. The Balaban J connectivity index is 1.07. The summed E-state index contributed by atoms with van der Waals surface area (Å²) >= 11 is 0. The molecule has 40 heavy (non-hydrogen) atoms. The maximum absolute atomic E-state index is 13.9. The fraction of sp³-hybridized carbons (Fsp3) is 0.677. The number of rotatable bonds is 9. The molecule has 0 bridgehead atoms. The first-order valence-corrected chi connectivity index (χ1v) is 15.0. The van der Waals surface area contributed by atoms with E-state index in [-0.39, 0.29) is 55.2 Å². The van der Waals surface area contributed by atoms with Crippen molar-refractivity contribution in [1.29, 1.82) is 0 Å². The minimum atomic E-state index is -2.62. The van der Waals surface area contributed by atoms with Crippen LogP contribution in [0.25, 0.3) is 11.0 Å². The molecule has 7 nitrogen and oxygen atoms in total. The molecule has 2 atom stereocenters. The summed E-state index contributed by atoms with van der Waals surface area (Å²) in [7, 11) is 0. The average molecular weight is 553 g/mol. The molecule has 1 unspecified atom stereocenters. The maximum Gasteiger partial charge on any atom is 0.249 e. The number of aromatic amines is 1. The quantitative estimate of drug-likeness (QED) is 0.460. The van der Waals surface area contributed by atoms with Gasteiger partial charge in [0.15, 0.2) is 5.78 Å². The van der Waals surface area contributed by atoms with Gasteiger partial charge in [0, 0.05) is 43.2 Å². The van der Waals surface area contributed by atoms with E-state index in [4.69, 9.17) is 4.98 Å². The van der Waals surface area contributed by atoms with Crippen LogP contribution in [0.4, 0.5) is 8.78 Å². The molecule has 2 amide bonds. The highest BCUT2D eigenvalue weighted by Gasteiger charge is 2.63. The van der Waals surface area contributed by atoms with Crippen LogP contribution in [0, 0.1) is 24.2 Å². The number of Topliss-reactive ketones (excluding diaryl/α,β-unsaturated/α-hetero) is 1. The monoisotopic (exact) mass is 552 g/mol. The summed E-state index contributed by atoms with van der Waals surface area (Å²) in [5.74, 6) is -2.13. The van der Waals surface area contributed by atoms with Crippen molar-refractivity contribution in [3.05, 3.63) is 29.6 Å². The van der Waals surface area contributed by atoms with Crippen LogP contribution < -0.4 is 5.32 Å². The van der Waals surface area contributed by atoms with Crippen LogP contribution in [0.3, 0.4) is 0 Å². The second-order valence-corrected chi connectivity index (χ2v) is 13.7. The smallest absolute Gasteiger partial charge is 0.249 e. The van der Waals surface area contributed by atoms with Crippen LogP contribution in [0.15, 0.2) is 18.2 Å². The van der Waals surface area contributed by atoms with Gasteiger partial charge in [-0.15, -0.1) is 0 Å². The predicted molar refractivity (Wildman–Crippen MR) is 145 cm³/mol. The number of likely N-dealkylation sites (tertiary alicyclic amines) is 1. The Labute approximate surface area is 232 Å². The fourth-order valence-corrected chi connectivity index (χ4v) is 7.94. The number of alkyl halides is 2. The number of imidazole rings is 1. The largest absolute Gasteiger partial charge is 0.346 e. The molecule has 1 saturated heterocycles. The van der Waals surface area contributed by atoms with Crippen molar-refractivity contribution >= 4 is 28.6 Å². The average Bonchev–Trinajstić information content (AvgIpc) is 3.76. The van der Waals surface area contributed by atoms with E-state index in [1.54, 1.807) is 0 Å². The summed E-state index contributed by atoms with van der Waals surface area (Å²) in [5, 5.41) is 2.92. The van der Waals surface area contributed by atoms with Crippen molar-refractivity contribution in [2.45, 2.75) is 107 Å². The predicted octanol–water partition coefficient (Wildman–Crippen LogP) is 4.96. The summed E-state index contributed by atoms with van der Waals surface area (Å²) in [6.45, 7) is 2.72. The molecule has 214 valence electrons. The van der Waals surface area contributed by atoms with Gasteiger partial charge in [-0.1, -0.05) is 12.1 Å². The van der Waals surface area contributed by atoms with Gasteiger partial charge in [0.25, 0.3) is 0 Å². The summed E-state index contributed by atoms with van der Waals surface area (Å²) in [4.78, 5) is 50.8. The molecule has 2 N–H and O–H groups in total. The van der Waals surface area contributed by atoms with E-state index in [1.165, 1.54) is 0 Å². The molecule has 4 saturated carbocycles. The van der Waals surface area contributed by atoms with Gasteiger partial charge >= 0.3 is 0 Å². The third-order valence-electron chi connectivity index (χ3n) is 10.4. The lowest BCUT2D eigenvalue weighted by atomic mass is 9.50. The second-order valence-electron chi connectivity index (χ2n) is 13.7.